The number of carboxylic acids is 1. The van der Waals surface area contributed by atoms with Gasteiger partial charge in [0.15, 0.2) is 0 Å². The Balaban J connectivity index is 1.65. The molecule has 0 unspecified atom stereocenters. The molecule has 0 aliphatic carbocycles. The third-order valence-electron chi connectivity index (χ3n) is 6.41. The first-order valence-corrected chi connectivity index (χ1v) is 11.1. The van der Waals surface area contributed by atoms with E-state index in [-0.39, 0.29) is 29.6 Å². The molecule has 1 aliphatic rings. The van der Waals surface area contributed by atoms with Gasteiger partial charge >= 0.3 is 18.2 Å². The van der Waals surface area contributed by atoms with E-state index in [0.29, 0.717) is 11.1 Å². The molecule has 1 saturated heterocycles. The molecule has 1 amide bonds. The smallest absolute Gasteiger partial charge is 0.417 e. The van der Waals surface area contributed by atoms with Crippen molar-refractivity contribution in [3.63, 3.8) is 0 Å². The lowest BCUT2D eigenvalue weighted by molar-refractivity contribution is -0.139. The number of amides is 1. The van der Waals surface area contributed by atoms with Crippen LogP contribution in [0, 0.1) is 5.41 Å². The predicted octanol–water partition coefficient (Wildman–Crippen LogP) is 4.37. The van der Waals surface area contributed by atoms with Gasteiger partial charge in [0.2, 0.25) is 0 Å². The van der Waals surface area contributed by atoms with Crippen molar-refractivity contribution in [1.29, 1.82) is 0 Å². The highest BCUT2D eigenvalue weighted by Crippen LogP contribution is 2.38. The quantitative estimate of drug-likeness (QED) is 0.459. The number of aliphatic carboxylic acids is 1. The number of anilines is 1. The number of cyclic esters (lactones) is 1. The largest absolute Gasteiger partial charge is 0.480 e. The molecular weight excluding hydrogens is 479 g/mol. The normalized spacial score (nSPS) is 17.3. The van der Waals surface area contributed by atoms with Crippen molar-refractivity contribution in [2.24, 2.45) is 11.1 Å². The zero-order valence-corrected chi connectivity index (χ0v) is 19.4. The van der Waals surface area contributed by atoms with Crippen LogP contribution in [0.2, 0.25) is 0 Å². The van der Waals surface area contributed by atoms with Gasteiger partial charge in [-0.25, -0.2) is 4.79 Å². The highest BCUT2D eigenvalue weighted by atomic mass is 19.4. The average molecular weight is 503 g/mol. The molecule has 4 rings (SSSR count). The molecule has 1 aromatic heterocycles. The first-order chi connectivity index (χ1) is 16.8. The van der Waals surface area contributed by atoms with Gasteiger partial charge < -0.3 is 20.6 Å². The number of hydrogen-bond donors (Lipinski definition) is 3. The minimum absolute atomic E-state index is 0.0188. The second-order valence-electron chi connectivity index (χ2n) is 9.45. The SMILES string of the molecule is CC(C)(C[C@H](N)C(=O)O)[C@H]1CN(c2ccc3cc(-c4ccccc4C(F)(F)F)[nH]c(=O)c3c2)C(=O)O1. The van der Waals surface area contributed by atoms with E-state index in [2.05, 4.69) is 4.98 Å². The number of pyridine rings is 1. The van der Waals surface area contributed by atoms with Gasteiger partial charge in [0.05, 0.1) is 12.1 Å². The predicted molar refractivity (Wildman–Crippen MR) is 127 cm³/mol. The maximum absolute atomic E-state index is 13.5. The Morgan fingerprint density at radius 2 is 1.89 bits per heavy atom. The Morgan fingerprint density at radius 1 is 1.19 bits per heavy atom. The summed E-state index contributed by atoms with van der Waals surface area (Å²) in [5.74, 6) is -1.16. The van der Waals surface area contributed by atoms with Gasteiger partial charge in [0.1, 0.15) is 12.1 Å². The number of nitrogens with zero attached hydrogens (tertiary/aromatic N) is 1. The van der Waals surface area contributed by atoms with E-state index in [4.69, 9.17) is 15.6 Å². The molecule has 2 atom stereocenters. The van der Waals surface area contributed by atoms with E-state index in [0.717, 1.165) is 6.07 Å². The fourth-order valence-electron chi connectivity index (χ4n) is 4.39. The first kappa shape index (κ1) is 25.2. The van der Waals surface area contributed by atoms with Crippen molar-refractivity contribution in [3.8, 4) is 11.3 Å². The van der Waals surface area contributed by atoms with E-state index in [1.807, 2.05) is 0 Å². The van der Waals surface area contributed by atoms with E-state index >= 15 is 0 Å². The minimum atomic E-state index is -4.60. The molecule has 0 spiro atoms. The number of fused-ring (bicyclic) bond motifs is 1. The van der Waals surface area contributed by atoms with Crippen LogP contribution >= 0.6 is 0 Å². The number of nitrogens with two attached hydrogens (primary N) is 1. The van der Waals surface area contributed by atoms with Crippen LogP contribution in [-0.2, 0) is 15.7 Å². The Morgan fingerprint density at radius 3 is 2.56 bits per heavy atom. The zero-order valence-electron chi connectivity index (χ0n) is 19.4. The Hall–Kier alpha value is -3.86. The third kappa shape index (κ3) is 4.78. The van der Waals surface area contributed by atoms with Crippen LogP contribution in [0.5, 0.6) is 0 Å². The Kier molecular flexibility index (Phi) is 6.29. The summed E-state index contributed by atoms with van der Waals surface area (Å²) in [6, 6.07) is 9.87. The first-order valence-electron chi connectivity index (χ1n) is 11.1. The molecule has 0 saturated carbocycles. The van der Waals surface area contributed by atoms with Gasteiger partial charge in [0, 0.05) is 27.7 Å². The monoisotopic (exact) mass is 503 g/mol. The number of hydrogen-bond acceptors (Lipinski definition) is 5. The number of H-pyrrole nitrogens is 1. The maximum atomic E-state index is 13.5. The van der Waals surface area contributed by atoms with Crippen molar-refractivity contribution in [2.75, 3.05) is 11.4 Å². The van der Waals surface area contributed by atoms with Gasteiger partial charge in [-0.05, 0) is 36.1 Å². The molecule has 1 aliphatic heterocycles. The van der Waals surface area contributed by atoms with Gasteiger partial charge in [-0.15, -0.1) is 0 Å². The zero-order chi connectivity index (χ0) is 26.4. The summed E-state index contributed by atoms with van der Waals surface area (Å²) in [4.78, 5) is 40.4. The summed E-state index contributed by atoms with van der Waals surface area (Å²) in [6.07, 6.45) is -5.83. The molecule has 8 nitrogen and oxygen atoms in total. The number of ether oxygens (including phenoxy) is 1. The lowest BCUT2D eigenvalue weighted by atomic mass is 9.80. The lowest BCUT2D eigenvalue weighted by Gasteiger charge is -2.30. The van der Waals surface area contributed by atoms with Crippen LogP contribution in [-0.4, -0.2) is 40.8 Å². The average Bonchev–Trinajstić information content (AvgIpc) is 3.20. The van der Waals surface area contributed by atoms with E-state index in [1.54, 1.807) is 26.0 Å². The number of alkyl halides is 3. The van der Waals surface area contributed by atoms with Gasteiger partial charge in [-0.1, -0.05) is 38.1 Å². The molecule has 2 heterocycles. The standard InChI is InChI=1S/C25H24F3N3O5/c1-24(2,11-18(29)22(33)34)20-12-31(23(35)36-20)14-8-7-13-9-19(30-21(32)16(13)10-14)15-5-3-4-6-17(15)25(26,27)28/h3-10,18,20H,11-12,29H2,1-2H3,(H,30,32)(H,33,34)/t18-,20+/m0/s1. The van der Waals surface area contributed by atoms with Crippen molar-refractivity contribution in [1.82, 2.24) is 4.98 Å². The number of carbonyl (C=O) groups excluding carboxylic acids is 1. The van der Waals surface area contributed by atoms with Crippen LogP contribution in [0.3, 0.4) is 0 Å². The van der Waals surface area contributed by atoms with Gasteiger partial charge in [-0.2, -0.15) is 13.2 Å². The van der Waals surface area contributed by atoms with E-state index < -0.39 is 46.9 Å². The van der Waals surface area contributed by atoms with Gasteiger partial charge in [-0.3, -0.25) is 14.5 Å². The third-order valence-corrected chi connectivity index (χ3v) is 6.41. The van der Waals surface area contributed by atoms with Gasteiger partial charge in [0.25, 0.3) is 5.56 Å². The van der Waals surface area contributed by atoms with Crippen LogP contribution in [0.1, 0.15) is 25.8 Å². The number of aromatic amines is 1. The number of benzene rings is 2. The van der Waals surface area contributed by atoms with Crippen molar-refractivity contribution in [2.45, 2.75) is 38.6 Å². The molecule has 11 heteroatoms. The van der Waals surface area contributed by atoms with Crippen LogP contribution < -0.4 is 16.2 Å². The lowest BCUT2D eigenvalue weighted by Crippen LogP contribution is -2.41. The molecule has 4 N–H and O–H groups in total. The van der Waals surface area contributed by atoms with E-state index in [9.17, 15) is 27.6 Å². The number of rotatable bonds is 6. The Labute approximate surface area is 203 Å². The second-order valence-corrected chi connectivity index (χ2v) is 9.45. The molecule has 190 valence electrons. The summed E-state index contributed by atoms with van der Waals surface area (Å²) in [7, 11) is 0. The molecule has 2 aromatic carbocycles. The Bertz CT molecular complexity index is 1400. The van der Waals surface area contributed by atoms with E-state index in [1.165, 1.54) is 35.2 Å². The highest BCUT2D eigenvalue weighted by Gasteiger charge is 2.43. The number of aromatic nitrogens is 1. The van der Waals surface area contributed by atoms with Crippen LogP contribution in [0.25, 0.3) is 22.0 Å². The summed E-state index contributed by atoms with van der Waals surface area (Å²) in [5, 5.41) is 9.69. The summed E-state index contributed by atoms with van der Waals surface area (Å²) < 4.78 is 45.9. The van der Waals surface area contributed by atoms with Crippen molar-refractivity contribution in [3.05, 3.63) is 64.4 Å². The summed E-state index contributed by atoms with van der Waals surface area (Å²) >= 11 is 0. The fourth-order valence-corrected chi connectivity index (χ4v) is 4.39. The van der Waals surface area contributed by atoms with Crippen molar-refractivity contribution < 1.29 is 32.6 Å². The minimum Gasteiger partial charge on any atom is -0.480 e. The van der Waals surface area contributed by atoms with Crippen molar-refractivity contribution >= 4 is 28.5 Å². The molecule has 3 aromatic rings. The number of nitrogens with one attached hydrogen (secondary N) is 1. The topological polar surface area (TPSA) is 126 Å². The number of carbonyl (C=O) groups is 2. The fraction of sp³-hybridized carbons (Fsp3) is 0.320. The number of carboxylic acid groups (broad SMARTS) is 1. The highest BCUT2D eigenvalue weighted by molar-refractivity contribution is 5.95. The molecular formula is C25H24F3N3O5. The molecule has 0 radical (unpaired) electrons. The van der Waals surface area contributed by atoms with Crippen LogP contribution in [0.4, 0.5) is 23.7 Å². The maximum Gasteiger partial charge on any atom is 0.417 e. The summed E-state index contributed by atoms with van der Waals surface area (Å²) in [6.45, 7) is 3.62. The molecule has 0 bridgehead atoms. The molecule has 1 fully saturated rings. The summed E-state index contributed by atoms with van der Waals surface area (Å²) in [5.41, 5.74) is 3.67. The van der Waals surface area contributed by atoms with Crippen LogP contribution in [0.15, 0.2) is 53.3 Å². The second kappa shape index (κ2) is 8.98. The number of halogens is 3. The molecule has 36 heavy (non-hydrogen) atoms.